The molecule has 0 unspecified atom stereocenters. The summed E-state index contributed by atoms with van der Waals surface area (Å²) in [4.78, 5) is 18.8. The molecule has 0 fully saturated rings. The number of nitrogens with one attached hydrogen (secondary N) is 1. The number of nitrogens with zero attached hydrogens (tertiary/aromatic N) is 3. The monoisotopic (exact) mass is 508 g/mol. The fourth-order valence-electron chi connectivity index (χ4n) is 5.49. The van der Waals surface area contributed by atoms with Crippen LogP contribution in [0.5, 0.6) is 0 Å². The van der Waals surface area contributed by atoms with Crippen LogP contribution in [0.3, 0.4) is 0 Å². The van der Waals surface area contributed by atoms with Gasteiger partial charge < -0.3 is 19.7 Å². The third kappa shape index (κ3) is 4.55. The second-order valence-corrected chi connectivity index (χ2v) is 18.6. The molecule has 1 aliphatic carbocycles. The molecule has 0 spiro atoms. The van der Waals surface area contributed by atoms with Crippen LogP contribution in [0, 0.1) is 0 Å². The van der Waals surface area contributed by atoms with Crippen molar-refractivity contribution in [3.8, 4) is 11.4 Å². The third-order valence-corrected chi connectivity index (χ3v) is 9.18. The van der Waals surface area contributed by atoms with Gasteiger partial charge in [-0.3, -0.25) is 4.79 Å². The third-order valence-electron chi connectivity index (χ3n) is 7.48. The Morgan fingerprint density at radius 3 is 2.67 bits per heavy atom. The molecule has 1 aromatic carbocycles. The number of fused-ring (bicyclic) bond motifs is 6. The molecule has 7 nitrogen and oxygen atoms in total. The van der Waals surface area contributed by atoms with E-state index < -0.39 is 19.1 Å². The molecule has 2 N–H and O–H groups in total. The van der Waals surface area contributed by atoms with E-state index in [1.807, 2.05) is 18.5 Å². The Morgan fingerprint density at radius 2 is 1.97 bits per heavy atom. The first-order valence-corrected chi connectivity index (χ1v) is 16.8. The minimum atomic E-state index is -1.12. The van der Waals surface area contributed by atoms with Gasteiger partial charge in [0.05, 0.1) is 23.3 Å². The summed E-state index contributed by atoms with van der Waals surface area (Å²) in [5, 5.41) is 16.6. The number of hydrogen-bond donors (Lipinski definition) is 2. The molecule has 2 aliphatic rings. The fraction of sp³-hybridized carbons (Fsp3) is 0.571. The van der Waals surface area contributed by atoms with E-state index in [4.69, 9.17) is 9.84 Å². The number of rotatable bonds is 7. The maximum Gasteiger partial charge on any atom is 0.237 e. The Kier molecular flexibility index (Phi) is 6.01. The van der Waals surface area contributed by atoms with Gasteiger partial charge in [-0.15, -0.1) is 0 Å². The normalized spacial score (nSPS) is 17.3. The highest BCUT2D eigenvalue weighted by molar-refractivity contribution is 6.76. The summed E-state index contributed by atoms with van der Waals surface area (Å²) in [6.07, 6.45) is 5.12. The van der Waals surface area contributed by atoms with Crippen molar-refractivity contribution in [2.75, 3.05) is 18.1 Å². The standard InChI is InChI=1S/C28H40N4O3Si/c1-27(2,34)16-32-23-13-20-19-10-8-9-18-15-31(17-35-11-12-36(5,6)7)30-24(18)25(19)29-22(20)14-21(23)28(3,4)26(32)33/h13-15,29,34H,8-12,16-17H2,1-7H3. The number of aliphatic hydroxyl groups is 1. The van der Waals surface area contributed by atoms with Gasteiger partial charge >= 0.3 is 0 Å². The van der Waals surface area contributed by atoms with Gasteiger partial charge in [0, 0.05) is 37.5 Å². The summed E-state index contributed by atoms with van der Waals surface area (Å²) >= 11 is 0. The Morgan fingerprint density at radius 1 is 1.22 bits per heavy atom. The van der Waals surface area contributed by atoms with Crippen molar-refractivity contribution < 1.29 is 14.6 Å². The highest BCUT2D eigenvalue weighted by Crippen LogP contribution is 2.46. The summed E-state index contributed by atoms with van der Waals surface area (Å²) in [7, 11) is -1.12. The van der Waals surface area contributed by atoms with Crippen molar-refractivity contribution >= 4 is 30.6 Å². The number of amides is 1. The Bertz CT molecular complexity index is 1320. The van der Waals surface area contributed by atoms with Crippen molar-refractivity contribution in [1.82, 2.24) is 14.8 Å². The topological polar surface area (TPSA) is 83.4 Å². The van der Waals surface area contributed by atoms with E-state index in [9.17, 15) is 9.90 Å². The number of aromatic amines is 1. The zero-order valence-corrected chi connectivity index (χ0v) is 23.8. The number of carbonyl (C=O) groups excluding carboxylic acids is 1. The number of hydrogen-bond acceptors (Lipinski definition) is 4. The molecular formula is C28H40N4O3Si. The van der Waals surface area contributed by atoms with Gasteiger partial charge in [-0.2, -0.15) is 5.10 Å². The van der Waals surface area contributed by atoms with Gasteiger partial charge in [0.2, 0.25) is 5.91 Å². The van der Waals surface area contributed by atoms with Crippen molar-refractivity contribution in [2.45, 2.75) is 90.4 Å². The Hall–Kier alpha value is -2.42. The van der Waals surface area contributed by atoms with Crippen LogP contribution in [0.15, 0.2) is 18.3 Å². The molecule has 36 heavy (non-hydrogen) atoms. The largest absolute Gasteiger partial charge is 0.389 e. The Balaban J connectivity index is 1.51. The molecule has 0 atom stereocenters. The number of ether oxygens (including phenoxy) is 1. The second-order valence-electron chi connectivity index (χ2n) is 13.0. The zero-order chi connectivity index (χ0) is 26.0. The average molecular weight is 509 g/mol. The molecule has 194 valence electrons. The van der Waals surface area contributed by atoms with E-state index in [0.717, 1.165) is 65.5 Å². The van der Waals surface area contributed by atoms with E-state index in [2.05, 4.69) is 43.0 Å². The summed E-state index contributed by atoms with van der Waals surface area (Å²) in [6.45, 7) is 16.1. The lowest BCUT2D eigenvalue weighted by Crippen LogP contribution is -2.44. The van der Waals surface area contributed by atoms with Crippen LogP contribution in [0.25, 0.3) is 22.3 Å². The summed E-state index contributed by atoms with van der Waals surface area (Å²) in [6, 6.07) is 5.44. The highest BCUT2D eigenvalue weighted by Gasteiger charge is 2.45. The maximum absolute atomic E-state index is 13.3. The van der Waals surface area contributed by atoms with E-state index >= 15 is 0 Å². The number of carbonyl (C=O) groups is 1. The summed E-state index contributed by atoms with van der Waals surface area (Å²) < 4.78 is 7.89. The molecule has 3 heterocycles. The van der Waals surface area contributed by atoms with E-state index in [1.165, 1.54) is 11.1 Å². The van der Waals surface area contributed by atoms with Crippen molar-refractivity contribution in [2.24, 2.45) is 0 Å². The minimum Gasteiger partial charge on any atom is -0.389 e. The number of aryl methyl sites for hydroxylation is 2. The number of aromatic nitrogens is 3. The smallest absolute Gasteiger partial charge is 0.237 e. The van der Waals surface area contributed by atoms with Crippen LogP contribution in [-0.2, 0) is 34.5 Å². The van der Waals surface area contributed by atoms with Crippen molar-refractivity contribution in [3.63, 3.8) is 0 Å². The van der Waals surface area contributed by atoms with Crippen LogP contribution in [0.4, 0.5) is 5.69 Å². The van der Waals surface area contributed by atoms with E-state index in [-0.39, 0.29) is 12.5 Å². The SMILES string of the molecule is CC(C)(O)CN1C(=O)C(C)(C)c2cc3[nH]c4c(c3cc21)CCCc1cn(COCC[Si](C)(C)C)nc1-4. The van der Waals surface area contributed by atoms with Gasteiger partial charge in [0.1, 0.15) is 12.4 Å². The first-order valence-electron chi connectivity index (χ1n) is 13.1. The van der Waals surface area contributed by atoms with Crippen LogP contribution in [0.2, 0.25) is 25.7 Å². The molecule has 0 saturated heterocycles. The fourth-order valence-corrected chi connectivity index (χ4v) is 6.25. The molecule has 0 radical (unpaired) electrons. The lowest BCUT2D eigenvalue weighted by molar-refractivity contribution is -0.122. The second kappa shape index (κ2) is 8.57. The van der Waals surface area contributed by atoms with Crippen molar-refractivity contribution in [1.29, 1.82) is 0 Å². The molecule has 0 bridgehead atoms. The van der Waals surface area contributed by atoms with Crippen LogP contribution in [-0.4, -0.2) is 52.6 Å². The first-order chi connectivity index (χ1) is 16.7. The lowest BCUT2D eigenvalue weighted by Gasteiger charge is -2.27. The summed E-state index contributed by atoms with van der Waals surface area (Å²) in [5.41, 5.74) is 5.94. The average Bonchev–Trinajstić information content (AvgIpc) is 3.34. The lowest BCUT2D eigenvalue weighted by atomic mass is 9.85. The molecule has 1 aliphatic heterocycles. The predicted molar refractivity (Wildman–Crippen MR) is 147 cm³/mol. The predicted octanol–water partition coefficient (Wildman–Crippen LogP) is 5.23. The molecule has 1 amide bonds. The van der Waals surface area contributed by atoms with Crippen LogP contribution in [0.1, 0.15) is 50.8 Å². The van der Waals surface area contributed by atoms with E-state index in [1.54, 1.807) is 18.7 Å². The van der Waals surface area contributed by atoms with Gasteiger partial charge in [-0.1, -0.05) is 19.6 Å². The van der Waals surface area contributed by atoms with Crippen LogP contribution >= 0.6 is 0 Å². The maximum atomic E-state index is 13.3. The summed E-state index contributed by atoms with van der Waals surface area (Å²) in [5.74, 6) is 0.0357. The number of benzene rings is 1. The van der Waals surface area contributed by atoms with Gasteiger partial charge in [-0.05, 0) is 81.8 Å². The zero-order valence-electron chi connectivity index (χ0n) is 22.8. The molecule has 8 heteroatoms. The number of anilines is 1. The van der Waals surface area contributed by atoms with Crippen LogP contribution < -0.4 is 4.90 Å². The number of β-amino-alcohol motifs (C(OH)–C–C–N with tert-alkyl or cyclic N) is 1. The highest BCUT2D eigenvalue weighted by atomic mass is 28.3. The molecule has 2 aromatic heterocycles. The minimum absolute atomic E-state index is 0.0357. The van der Waals surface area contributed by atoms with Crippen molar-refractivity contribution in [3.05, 3.63) is 35.0 Å². The van der Waals surface area contributed by atoms with Gasteiger partial charge in [0.15, 0.2) is 0 Å². The Labute approximate surface area is 214 Å². The molecule has 5 rings (SSSR count). The van der Waals surface area contributed by atoms with E-state index in [0.29, 0.717) is 6.73 Å². The molecular weight excluding hydrogens is 468 g/mol. The van der Waals surface area contributed by atoms with Gasteiger partial charge in [-0.25, -0.2) is 4.68 Å². The number of H-pyrrole nitrogens is 1. The molecule has 0 saturated carbocycles. The molecule has 3 aromatic rings. The van der Waals surface area contributed by atoms with Gasteiger partial charge in [0.25, 0.3) is 0 Å². The quantitative estimate of drug-likeness (QED) is 0.338. The first kappa shape index (κ1) is 25.2.